The molecule has 0 bridgehead atoms. The Morgan fingerprint density at radius 2 is 2.09 bits per heavy atom. The Kier molecular flexibility index (Phi) is 13.4. The Morgan fingerprint density at radius 3 is 2.45 bits per heavy atom. The second-order valence-corrected chi connectivity index (χ2v) is 1.77. The van der Waals surface area contributed by atoms with Crippen LogP contribution in [0.15, 0.2) is 25.8 Å². The van der Waals surface area contributed by atoms with Gasteiger partial charge in [0.1, 0.15) is 0 Å². The summed E-state index contributed by atoms with van der Waals surface area (Å²) in [5.41, 5.74) is 0. The van der Waals surface area contributed by atoms with Crippen LogP contribution in [0.25, 0.3) is 0 Å². The second-order valence-electron chi connectivity index (χ2n) is 1.77. The lowest BCUT2D eigenvalue weighted by molar-refractivity contribution is -0.141. The summed E-state index contributed by atoms with van der Waals surface area (Å²) in [4.78, 5) is 10.2. The van der Waals surface area contributed by atoms with Crippen molar-refractivity contribution >= 4 is 5.97 Å². The number of carbonyl (C=O) groups is 1. The number of unbranched alkanes of at least 4 members (excludes halogenated alkanes) is 1. The minimum atomic E-state index is -0.209. The molecule has 0 radical (unpaired) electrons. The van der Waals surface area contributed by atoms with E-state index in [1.54, 1.807) is 0 Å². The van der Waals surface area contributed by atoms with E-state index in [1.165, 1.54) is 6.92 Å². The minimum Gasteiger partial charge on any atom is -0.466 e. The van der Waals surface area contributed by atoms with Crippen LogP contribution in [0.1, 0.15) is 19.8 Å². The van der Waals surface area contributed by atoms with Crippen molar-refractivity contribution in [3.8, 4) is 0 Å². The van der Waals surface area contributed by atoms with E-state index in [2.05, 4.69) is 24.5 Å². The summed E-state index contributed by atoms with van der Waals surface area (Å²) < 4.78 is 4.66. The highest BCUT2D eigenvalue weighted by Gasteiger charge is 1.88. The highest BCUT2D eigenvalue weighted by Crippen LogP contribution is 1.89. The van der Waals surface area contributed by atoms with Crippen LogP contribution in [0.4, 0.5) is 0 Å². The standard InChI is InChI=1S/C7H12O2.C2H4/c1-3-4-5-6-9-7(2)8;1-2/h3H,1,4-6H2,2H3;1-2H2. The summed E-state index contributed by atoms with van der Waals surface area (Å²) in [6, 6.07) is 0. The van der Waals surface area contributed by atoms with Gasteiger partial charge in [-0.05, 0) is 12.8 Å². The number of esters is 1. The van der Waals surface area contributed by atoms with E-state index in [0.29, 0.717) is 6.61 Å². The minimum absolute atomic E-state index is 0.209. The molecule has 2 nitrogen and oxygen atoms in total. The van der Waals surface area contributed by atoms with Gasteiger partial charge in [-0.25, -0.2) is 0 Å². The number of ether oxygens (including phenoxy) is 1. The highest BCUT2D eigenvalue weighted by molar-refractivity contribution is 5.65. The molecule has 0 fully saturated rings. The molecule has 0 rings (SSSR count). The summed E-state index contributed by atoms with van der Waals surface area (Å²) in [5, 5.41) is 0. The van der Waals surface area contributed by atoms with E-state index < -0.39 is 0 Å². The summed E-state index contributed by atoms with van der Waals surface area (Å²) in [6.07, 6.45) is 3.60. The van der Waals surface area contributed by atoms with E-state index in [9.17, 15) is 4.79 Å². The molecule has 0 aromatic carbocycles. The number of hydrogen-bond acceptors (Lipinski definition) is 2. The molecule has 0 unspecified atom stereocenters. The quantitative estimate of drug-likeness (QED) is 0.354. The fourth-order valence-corrected chi connectivity index (χ4v) is 0.444. The third-order valence-corrected chi connectivity index (χ3v) is 0.858. The molecule has 11 heavy (non-hydrogen) atoms. The van der Waals surface area contributed by atoms with E-state index in [-0.39, 0.29) is 5.97 Å². The number of hydrogen-bond donors (Lipinski definition) is 0. The van der Waals surface area contributed by atoms with E-state index in [4.69, 9.17) is 0 Å². The summed E-state index contributed by atoms with van der Waals surface area (Å²) >= 11 is 0. The van der Waals surface area contributed by atoms with E-state index >= 15 is 0 Å². The van der Waals surface area contributed by atoms with Crippen molar-refractivity contribution in [1.29, 1.82) is 0 Å². The molecular weight excluding hydrogens is 140 g/mol. The van der Waals surface area contributed by atoms with Crippen LogP contribution in [0.5, 0.6) is 0 Å². The maximum absolute atomic E-state index is 10.2. The fourth-order valence-electron chi connectivity index (χ4n) is 0.444. The van der Waals surface area contributed by atoms with E-state index in [1.807, 2.05) is 6.08 Å². The van der Waals surface area contributed by atoms with Crippen molar-refractivity contribution in [2.75, 3.05) is 6.61 Å². The predicted octanol–water partition coefficient (Wildman–Crippen LogP) is 2.32. The summed E-state index contributed by atoms with van der Waals surface area (Å²) in [6.45, 7) is 11.5. The third kappa shape index (κ3) is 17.6. The SMILES string of the molecule is C=C.C=CCCCOC(C)=O. The Balaban J connectivity index is 0. The molecule has 0 heterocycles. The molecule has 0 aromatic heterocycles. The first kappa shape index (κ1) is 12.6. The van der Waals surface area contributed by atoms with Crippen molar-refractivity contribution in [2.45, 2.75) is 19.8 Å². The first-order valence-corrected chi connectivity index (χ1v) is 3.51. The molecule has 0 aromatic rings. The van der Waals surface area contributed by atoms with Crippen molar-refractivity contribution in [3.63, 3.8) is 0 Å². The van der Waals surface area contributed by atoms with Gasteiger partial charge in [-0.1, -0.05) is 6.08 Å². The molecule has 0 saturated heterocycles. The van der Waals surface area contributed by atoms with Crippen molar-refractivity contribution < 1.29 is 9.53 Å². The van der Waals surface area contributed by atoms with Crippen molar-refractivity contribution in [3.05, 3.63) is 25.8 Å². The first-order valence-electron chi connectivity index (χ1n) is 3.51. The first-order chi connectivity index (χ1) is 5.27. The molecule has 0 aliphatic heterocycles. The van der Waals surface area contributed by atoms with Gasteiger partial charge >= 0.3 is 5.97 Å². The molecule has 0 atom stereocenters. The lowest BCUT2D eigenvalue weighted by Gasteiger charge is -1.96. The molecule has 0 N–H and O–H groups in total. The van der Waals surface area contributed by atoms with Gasteiger partial charge in [-0.15, -0.1) is 19.7 Å². The highest BCUT2D eigenvalue weighted by atomic mass is 16.5. The van der Waals surface area contributed by atoms with Crippen LogP contribution in [0.2, 0.25) is 0 Å². The predicted molar refractivity (Wildman–Crippen MR) is 47.3 cm³/mol. The van der Waals surface area contributed by atoms with Crippen molar-refractivity contribution in [2.24, 2.45) is 0 Å². The van der Waals surface area contributed by atoms with Crippen LogP contribution in [0.3, 0.4) is 0 Å². The summed E-state index contributed by atoms with van der Waals surface area (Å²) in [5.74, 6) is -0.209. The largest absolute Gasteiger partial charge is 0.466 e. The molecule has 0 aliphatic rings. The van der Waals surface area contributed by atoms with Crippen LogP contribution in [-0.4, -0.2) is 12.6 Å². The Hall–Kier alpha value is -1.05. The van der Waals surface area contributed by atoms with Gasteiger partial charge in [0.15, 0.2) is 0 Å². The average molecular weight is 156 g/mol. The van der Waals surface area contributed by atoms with Crippen LogP contribution in [-0.2, 0) is 9.53 Å². The Labute approximate surface area is 68.6 Å². The smallest absolute Gasteiger partial charge is 0.302 e. The zero-order valence-corrected chi connectivity index (χ0v) is 7.14. The molecule has 0 amide bonds. The lowest BCUT2D eigenvalue weighted by Crippen LogP contribution is -1.99. The lowest BCUT2D eigenvalue weighted by atomic mass is 10.3. The molecule has 0 saturated carbocycles. The van der Waals surface area contributed by atoms with Crippen LogP contribution >= 0.6 is 0 Å². The van der Waals surface area contributed by atoms with Gasteiger partial charge in [0.05, 0.1) is 6.61 Å². The number of rotatable bonds is 4. The normalized spacial score (nSPS) is 7.36. The molecule has 64 valence electrons. The van der Waals surface area contributed by atoms with Crippen LogP contribution < -0.4 is 0 Å². The summed E-state index contributed by atoms with van der Waals surface area (Å²) in [7, 11) is 0. The Bertz CT molecular complexity index is 108. The Morgan fingerprint density at radius 1 is 1.55 bits per heavy atom. The van der Waals surface area contributed by atoms with Gasteiger partial charge < -0.3 is 4.74 Å². The number of allylic oxidation sites excluding steroid dienone is 1. The second kappa shape index (κ2) is 11.7. The average Bonchev–Trinajstić information content (AvgIpc) is 2.02. The van der Waals surface area contributed by atoms with Gasteiger partial charge in [-0.2, -0.15) is 0 Å². The number of carbonyl (C=O) groups excluding carboxylic acids is 1. The van der Waals surface area contributed by atoms with Gasteiger partial charge in [0.25, 0.3) is 0 Å². The molecule has 2 heteroatoms. The van der Waals surface area contributed by atoms with Gasteiger partial charge in [-0.3, -0.25) is 4.79 Å². The topological polar surface area (TPSA) is 26.3 Å². The maximum Gasteiger partial charge on any atom is 0.302 e. The van der Waals surface area contributed by atoms with Crippen molar-refractivity contribution in [1.82, 2.24) is 0 Å². The molecule has 0 aliphatic carbocycles. The monoisotopic (exact) mass is 156 g/mol. The van der Waals surface area contributed by atoms with Crippen LogP contribution in [0, 0.1) is 0 Å². The fraction of sp³-hybridized carbons (Fsp3) is 0.444. The zero-order chi connectivity index (χ0) is 9.11. The van der Waals surface area contributed by atoms with Gasteiger partial charge in [0, 0.05) is 6.92 Å². The maximum atomic E-state index is 10.2. The molecule has 0 spiro atoms. The third-order valence-electron chi connectivity index (χ3n) is 0.858. The van der Waals surface area contributed by atoms with E-state index in [0.717, 1.165) is 12.8 Å². The van der Waals surface area contributed by atoms with Gasteiger partial charge in [0.2, 0.25) is 0 Å². The molecular formula is C9H16O2. The zero-order valence-electron chi connectivity index (χ0n) is 7.14.